The zero-order valence-electron chi connectivity index (χ0n) is 11.4. The molecule has 0 unspecified atom stereocenters. The molecular formula is C14H16N2O3S. The Morgan fingerprint density at radius 3 is 2.45 bits per heavy atom. The lowest BCUT2D eigenvalue weighted by Gasteiger charge is -2.09. The maximum absolute atomic E-state index is 12.3. The van der Waals surface area contributed by atoms with Gasteiger partial charge >= 0.3 is 0 Å². The topological polar surface area (TPSA) is 69.2 Å². The van der Waals surface area contributed by atoms with Gasteiger partial charge in [0.2, 0.25) is 15.0 Å². The number of aromatic nitrogens is 2. The van der Waals surface area contributed by atoms with E-state index >= 15 is 0 Å². The van der Waals surface area contributed by atoms with Crippen LogP contribution in [0.2, 0.25) is 0 Å². The Bertz CT molecular complexity index is 682. The highest BCUT2D eigenvalue weighted by atomic mass is 32.2. The zero-order chi connectivity index (χ0) is 14.6. The molecule has 0 atom stereocenters. The summed E-state index contributed by atoms with van der Waals surface area (Å²) < 4.78 is 30.0. The molecule has 0 amide bonds. The maximum atomic E-state index is 12.3. The third kappa shape index (κ3) is 3.33. The van der Waals surface area contributed by atoms with Gasteiger partial charge in [-0.3, -0.25) is 0 Å². The predicted molar refractivity (Wildman–Crippen MR) is 75.3 cm³/mol. The Morgan fingerprint density at radius 1 is 1.15 bits per heavy atom. The smallest absolute Gasteiger partial charge is 0.247 e. The quantitative estimate of drug-likeness (QED) is 0.790. The minimum Gasteiger partial charge on any atom is -0.494 e. The zero-order valence-corrected chi connectivity index (χ0v) is 12.2. The molecule has 0 saturated carbocycles. The molecule has 0 fully saturated rings. The molecule has 0 radical (unpaired) electrons. The molecule has 1 aromatic carbocycles. The summed E-state index contributed by atoms with van der Waals surface area (Å²) in [6.45, 7) is 4.15. The first-order chi connectivity index (χ1) is 9.53. The van der Waals surface area contributed by atoms with Crippen LogP contribution in [0.4, 0.5) is 0 Å². The second kappa shape index (κ2) is 6.00. The number of sulfone groups is 1. The van der Waals surface area contributed by atoms with Crippen LogP contribution in [-0.2, 0) is 15.6 Å². The molecule has 2 rings (SSSR count). The summed E-state index contributed by atoms with van der Waals surface area (Å²) in [7, 11) is -3.57. The Labute approximate surface area is 118 Å². The summed E-state index contributed by atoms with van der Waals surface area (Å²) >= 11 is 0. The van der Waals surface area contributed by atoms with Crippen LogP contribution < -0.4 is 4.74 Å². The van der Waals surface area contributed by atoms with Crippen LogP contribution in [0.15, 0.2) is 41.8 Å². The van der Waals surface area contributed by atoms with Gasteiger partial charge in [0, 0.05) is 18.0 Å². The van der Waals surface area contributed by atoms with Crippen molar-refractivity contribution < 1.29 is 13.2 Å². The first-order valence-electron chi connectivity index (χ1n) is 6.25. The molecule has 0 N–H and O–H groups in total. The van der Waals surface area contributed by atoms with E-state index in [2.05, 4.69) is 9.97 Å². The number of rotatable bonds is 5. The second-order valence-corrected chi connectivity index (χ2v) is 6.23. The minimum atomic E-state index is -3.57. The third-order valence-electron chi connectivity index (χ3n) is 2.65. The van der Waals surface area contributed by atoms with Crippen LogP contribution in [0, 0.1) is 6.92 Å². The lowest BCUT2D eigenvalue weighted by molar-refractivity contribution is 0.337. The Hall–Kier alpha value is -1.95. The van der Waals surface area contributed by atoms with E-state index in [9.17, 15) is 8.42 Å². The van der Waals surface area contributed by atoms with Gasteiger partial charge in [0.05, 0.1) is 12.4 Å². The molecule has 0 saturated heterocycles. The van der Waals surface area contributed by atoms with E-state index in [0.29, 0.717) is 17.9 Å². The number of nitrogens with zero attached hydrogens (tertiary/aromatic N) is 2. The SMILES string of the molecule is CCOc1ccccc1CS(=O)(=O)c1ncc(C)cn1. The molecule has 0 aliphatic rings. The second-order valence-electron chi connectivity index (χ2n) is 4.34. The Morgan fingerprint density at radius 2 is 1.80 bits per heavy atom. The summed E-state index contributed by atoms with van der Waals surface area (Å²) in [5.41, 5.74) is 1.43. The summed E-state index contributed by atoms with van der Waals surface area (Å²) in [6, 6.07) is 7.08. The molecule has 0 aliphatic carbocycles. The highest BCUT2D eigenvalue weighted by molar-refractivity contribution is 7.90. The molecule has 6 heteroatoms. The van der Waals surface area contributed by atoms with E-state index < -0.39 is 9.84 Å². The van der Waals surface area contributed by atoms with E-state index in [1.54, 1.807) is 25.1 Å². The van der Waals surface area contributed by atoms with Gasteiger partial charge in [-0.25, -0.2) is 18.4 Å². The van der Waals surface area contributed by atoms with Gasteiger partial charge in [0.1, 0.15) is 5.75 Å². The fourth-order valence-corrected chi connectivity index (χ4v) is 2.93. The lowest BCUT2D eigenvalue weighted by atomic mass is 10.2. The number of ether oxygens (including phenoxy) is 1. The molecule has 2 aromatic rings. The van der Waals surface area contributed by atoms with Gasteiger partial charge in [-0.15, -0.1) is 0 Å². The van der Waals surface area contributed by atoms with Crippen molar-refractivity contribution in [3.63, 3.8) is 0 Å². The molecule has 106 valence electrons. The molecular weight excluding hydrogens is 276 g/mol. The van der Waals surface area contributed by atoms with Crippen LogP contribution in [-0.4, -0.2) is 25.0 Å². The van der Waals surface area contributed by atoms with Crippen molar-refractivity contribution in [2.24, 2.45) is 0 Å². The van der Waals surface area contributed by atoms with Crippen molar-refractivity contribution >= 4 is 9.84 Å². The van der Waals surface area contributed by atoms with Crippen LogP contribution in [0.3, 0.4) is 0 Å². The van der Waals surface area contributed by atoms with Gasteiger partial charge in [-0.1, -0.05) is 18.2 Å². The average Bonchev–Trinajstić information content (AvgIpc) is 2.41. The highest BCUT2D eigenvalue weighted by Crippen LogP contribution is 2.22. The van der Waals surface area contributed by atoms with Crippen LogP contribution in [0.25, 0.3) is 0 Å². The van der Waals surface area contributed by atoms with Crippen molar-refractivity contribution in [3.05, 3.63) is 47.8 Å². The number of benzene rings is 1. The maximum Gasteiger partial charge on any atom is 0.247 e. The van der Waals surface area contributed by atoms with E-state index in [1.165, 1.54) is 12.4 Å². The standard InChI is InChI=1S/C14H16N2O3S/c1-3-19-13-7-5-4-6-12(13)10-20(17,18)14-15-8-11(2)9-16-14/h4-9H,3,10H2,1-2H3. The van der Waals surface area contributed by atoms with Gasteiger partial charge in [0.25, 0.3) is 0 Å². The third-order valence-corrected chi connectivity index (χ3v) is 4.11. The van der Waals surface area contributed by atoms with Crippen LogP contribution in [0.1, 0.15) is 18.1 Å². The Balaban J connectivity index is 2.31. The molecule has 5 nitrogen and oxygen atoms in total. The molecule has 0 spiro atoms. The first-order valence-corrected chi connectivity index (χ1v) is 7.90. The van der Waals surface area contributed by atoms with E-state index in [1.807, 2.05) is 13.0 Å². The molecule has 0 aliphatic heterocycles. The normalized spacial score (nSPS) is 11.3. The largest absolute Gasteiger partial charge is 0.494 e. The van der Waals surface area contributed by atoms with Gasteiger partial charge < -0.3 is 4.74 Å². The molecule has 20 heavy (non-hydrogen) atoms. The van der Waals surface area contributed by atoms with E-state index in [-0.39, 0.29) is 10.9 Å². The van der Waals surface area contributed by atoms with Gasteiger partial charge in [0.15, 0.2) is 0 Å². The van der Waals surface area contributed by atoms with Gasteiger partial charge in [-0.2, -0.15) is 0 Å². The lowest BCUT2D eigenvalue weighted by Crippen LogP contribution is -2.10. The summed E-state index contributed by atoms with van der Waals surface area (Å²) in [4.78, 5) is 7.76. The van der Waals surface area contributed by atoms with Crippen molar-refractivity contribution in [2.45, 2.75) is 24.8 Å². The van der Waals surface area contributed by atoms with Crippen LogP contribution in [0.5, 0.6) is 5.75 Å². The van der Waals surface area contributed by atoms with Crippen molar-refractivity contribution in [2.75, 3.05) is 6.61 Å². The molecule has 0 bridgehead atoms. The van der Waals surface area contributed by atoms with Crippen molar-refractivity contribution in [1.29, 1.82) is 0 Å². The van der Waals surface area contributed by atoms with E-state index in [4.69, 9.17) is 4.74 Å². The summed E-state index contributed by atoms with van der Waals surface area (Å²) in [6.07, 6.45) is 2.99. The fourth-order valence-electron chi connectivity index (χ4n) is 1.73. The number of aryl methyl sites for hydroxylation is 1. The summed E-state index contributed by atoms with van der Waals surface area (Å²) in [5.74, 6) is 0.400. The van der Waals surface area contributed by atoms with E-state index in [0.717, 1.165) is 5.56 Å². The number of hydrogen-bond acceptors (Lipinski definition) is 5. The summed E-state index contributed by atoms with van der Waals surface area (Å²) in [5, 5.41) is -0.158. The Kier molecular flexibility index (Phi) is 4.34. The molecule has 1 heterocycles. The van der Waals surface area contributed by atoms with Crippen molar-refractivity contribution in [3.8, 4) is 5.75 Å². The molecule has 1 aromatic heterocycles. The predicted octanol–water partition coefficient (Wildman–Crippen LogP) is 2.16. The average molecular weight is 292 g/mol. The monoisotopic (exact) mass is 292 g/mol. The van der Waals surface area contributed by atoms with Crippen molar-refractivity contribution in [1.82, 2.24) is 9.97 Å². The minimum absolute atomic E-state index is 0.158. The number of para-hydroxylation sites is 1. The first kappa shape index (κ1) is 14.5. The fraction of sp³-hybridized carbons (Fsp3) is 0.286. The highest BCUT2D eigenvalue weighted by Gasteiger charge is 2.20. The van der Waals surface area contributed by atoms with Gasteiger partial charge in [-0.05, 0) is 25.5 Å². The van der Waals surface area contributed by atoms with Crippen LogP contribution >= 0.6 is 0 Å². The number of hydrogen-bond donors (Lipinski definition) is 0.